The van der Waals surface area contributed by atoms with Crippen molar-refractivity contribution < 1.29 is 9.53 Å². The van der Waals surface area contributed by atoms with Crippen LogP contribution in [0.25, 0.3) is 0 Å². The molecule has 1 atom stereocenters. The Labute approximate surface area is 156 Å². The maximum Gasteiger partial charge on any atom is 0.252 e. The SMILES string of the molecule is COc1ccccc1C(C)NC(=O)c1ccccc1CSc1ncn[nH]1. The Hall–Kier alpha value is -2.80. The molecule has 0 radical (unpaired) electrons. The third-order valence-corrected chi connectivity index (χ3v) is 4.90. The molecule has 7 heteroatoms. The summed E-state index contributed by atoms with van der Waals surface area (Å²) in [5.41, 5.74) is 2.54. The molecule has 6 nitrogen and oxygen atoms in total. The van der Waals surface area contributed by atoms with E-state index >= 15 is 0 Å². The second-order valence-electron chi connectivity index (χ2n) is 5.67. The third kappa shape index (κ3) is 4.23. The summed E-state index contributed by atoms with van der Waals surface area (Å²) in [5.74, 6) is 1.27. The van der Waals surface area contributed by atoms with E-state index in [1.165, 1.54) is 18.1 Å². The van der Waals surface area contributed by atoms with Gasteiger partial charge in [-0.1, -0.05) is 48.2 Å². The summed E-state index contributed by atoms with van der Waals surface area (Å²) in [4.78, 5) is 16.9. The summed E-state index contributed by atoms with van der Waals surface area (Å²) in [6.07, 6.45) is 1.47. The van der Waals surface area contributed by atoms with E-state index in [0.717, 1.165) is 22.0 Å². The van der Waals surface area contributed by atoms with Crippen LogP contribution in [-0.4, -0.2) is 28.2 Å². The van der Waals surface area contributed by atoms with Crippen LogP contribution >= 0.6 is 11.8 Å². The zero-order chi connectivity index (χ0) is 18.4. The number of hydrogen-bond acceptors (Lipinski definition) is 5. The molecule has 3 rings (SSSR count). The van der Waals surface area contributed by atoms with Crippen molar-refractivity contribution in [1.29, 1.82) is 0 Å². The molecule has 0 aliphatic heterocycles. The highest BCUT2D eigenvalue weighted by molar-refractivity contribution is 7.98. The van der Waals surface area contributed by atoms with Gasteiger partial charge in [-0.15, -0.1) is 0 Å². The van der Waals surface area contributed by atoms with Crippen molar-refractivity contribution in [3.63, 3.8) is 0 Å². The van der Waals surface area contributed by atoms with Gasteiger partial charge >= 0.3 is 0 Å². The highest BCUT2D eigenvalue weighted by atomic mass is 32.2. The molecule has 1 aromatic heterocycles. The van der Waals surface area contributed by atoms with Gasteiger partial charge in [0.05, 0.1) is 13.2 Å². The van der Waals surface area contributed by atoms with Crippen LogP contribution in [0.4, 0.5) is 0 Å². The molecule has 0 fully saturated rings. The van der Waals surface area contributed by atoms with Crippen molar-refractivity contribution >= 4 is 17.7 Å². The topological polar surface area (TPSA) is 79.9 Å². The maximum absolute atomic E-state index is 12.8. The van der Waals surface area contributed by atoms with Gasteiger partial charge in [-0.05, 0) is 24.6 Å². The molecule has 0 spiro atoms. The molecule has 1 unspecified atom stereocenters. The Balaban J connectivity index is 1.73. The zero-order valence-corrected chi connectivity index (χ0v) is 15.4. The molecule has 0 saturated carbocycles. The standard InChI is InChI=1S/C19H20N4O2S/c1-13(15-8-5-6-10-17(15)25-2)22-18(24)16-9-4-3-7-14(16)11-26-19-20-12-21-23-19/h3-10,12-13H,11H2,1-2H3,(H,22,24)(H,20,21,23). The number of benzene rings is 2. The number of carbonyl (C=O) groups excluding carboxylic acids is 1. The first-order valence-corrected chi connectivity index (χ1v) is 9.17. The number of nitrogens with one attached hydrogen (secondary N) is 2. The fourth-order valence-corrected chi connectivity index (χ4v) is 3.44. The fourth-order valence-electron chi connectivity index (χ4n) is 2.65. The molecular weight excluding hydrogens is 348 g/mol. The summed E-state index contributed by atoms with van der Waals surface area (Å²) in [7, 11) is 1.63. The highest BCUT2D eigenvalue weighted by Crippen LogP contribution is 2.25. The second-order valence-corrected chi connectivity index (χ2v) is 6.64. The number of rotatable bonds is 7. The van der Waals surface area contributed by atoms with Gasteiger partial charge in [0.2, 0.25) is 0 Å². The number of amides is 1. The number of H-pyrrole nitrogens is 1. The number of nitrogens with zero attached hydrogens (tertiary/aromatic N) is 2. The molecule has 1 heterocycles. The summed E-state index contributed by atoms with van der Waals surface area (Å²) in [6, 6.07) is 15.1. The molecule has 26 heavy (non-hydrogen) atoms. The normalized spacial score (nSPS) is 11.8. The van der Waals surface area contributed by atoms with Gasteiger partial charge in [0.1, 0.15) is 12.1 Å². The van der Waals surface area contributed by atoms with E-state index < -0.39 is 0 Å². The summed E-state index contributed by atoms with van der Waals surface area (Å²) >= 11 is 1.50. The van der Waals surface area contributed by atoms with Crippen molar-refractivity contribution in [1.82, 2.24) is 20.5 Å². The van der Waals surface area contributed by atoms with Gasteiger partial charge in [-0.3, -0.25) is 9.89 Å². The Kier molecular flexibility index (Phi) is 5.91. The molecule has 134 valence electrons. The van der Waals surface area contributed by atoms with Crippen molar-refractivity contribution in [2.45, 2.75) is 23.9 Å². The predicted molar refractivity (Wildman–Crippen MR) is 101 cm³/mol. The van der Waals surface area contributed by atoms with E-state index in [4.69, 9.17) is 4.74 Å². The zero-order valence-electron chi connectivity index (χ0n) is 14.6. The molecule has 1 amide bonds. The van der Waals surface area contributed by atoms with Gasteiger partial charge in [0.25, 0.3) is 5.91 Å². The average molecular weight is 368 g/mol. The van der Waals surface area contributed by atoms with Crippen LogP contribution < -0.4 is 10.1 Å². The van der Waals surface area contributed by atoms with E-state index in [9.17, 15) is 4.79 Å². The third-order valence-electron chi connectivity index (χ3n) is 3.97. The van der Waals surface area contributed by atoms with Gasteiger partial charge in [0, 0.05) is 16.9 Å². The molecule has 3 aromatic rings. The summed E-state index contributed by atoms with van der Waals surface area (Å²) in [5, 5.41) is 10.4. The first-order chi connectivity index (χ1) is 12.7. The van der Waals surface area contributed by atoms with Crippen molar-refractivity contribution in [3.8, 4) is 5.75 Å². The summed E-state index contributed by atoms with van der Waals surface area (Å²) in [6.45, 7) is 1.95. The number of methoxy groups -OCH3 is 1. The fraction of sp³-hybridized carbons (Fsp3) is 0.211. The lowest BCUT2D eigenvalue weighted by molar-refractivity contribution is 0.0939. The quantitative estimate of drug-likeness (QED) is 0.623. The number of para-hydroxylation sites is 1. The molecule has 2 N–H and O–H groups in total. The van der Waals surface area contributed by atoms with E-state index in [1.807, 2.05) is 55.5 Å². The molecule has 2 aromatic carbocycles. The lowest BCUT2D eigenvalue weighted by Gasteiger charge is -2.18. The van der Waals surface area contributed by atoms with Crippen LogP contribution in [0.2, 0.25) is 0 Å². The van der Waals surface area contributed by atoms with E-state index in [2.05, 4.69) is 20.5 Å². The number of hydrogen-bond donors (Lipinski definition) is 2. The minimum atomic E-state index is -0.173. The van der Waals surface area contributed by atoms with Crippen molar-refractivity contribution in [2.24, 2.45) is 0 Å². The van der Waals surface area contributed by atoms with Gasteiger partial charge in [-0.25, -0.2) is 4.98 Å². The molecule has 0 aliphatic carbocycles. The lowest BCUT2D eigenvalue weighted by atomic mass is 10.0. The van der Waals surface area contributed by atoms with Gasteiger partial charge in [0.15, 0.2) is 5.16 Å². The van der Waals surface area contributed by atoms with Crippen LogP contribution in [0.3, 0.4) is 0 Å². The molecule has 0 bridgehead atoms. The van der Waals surface area contributed by atoms with Crippen LogP contribution in [0.5, 0.6) is 5.75 Å². The Bertz CT molecular complexity index is 867. The van der Waals surface area contributed by atoms with Crippen molar-refractivity contribution in [2.75, 3.05) is 7.11 Å². The van der Waals surface area contributed by atoms with Gasteiger partial charge < -0.3 is 10.1 Å². The number of carbonyl (C=O) groups is 1. The lowest BCUT2D eigenvalue weighted by Crippen LogP contribution is -2.27. The molecule has 0 aliphatic rings. The smallest absolute Gasteiger partial charge is 0.252 e. The highest BCUT2D eigenvalue weighted by Gasteiger charge is 2.17. The number of aromatic amines is 1. The van der Waals surface area contributed by atoms with Crippen LogP contribution in [0.1, 0.15) is 34.5 Å². The van der Waals surface area contributed by atoms with Crippen LogP contribution in [0, 0.1) is 0 Å². The van der Waals surface area contributed by atoms with E-state index in [0.29, 0.717) is 11.3 Å². The Morgan fingerprint density at radius 2 is 2.00 bits per heavy atom. The first-order valence-electron chi connectivity index (χ1n) is 8.19. The second kappa shape index (κ2) is 8.53. The minimum Gasteiger partial charge on any atom is -0.496 e. The monoisotopic (exact) mass is 368 g/mol. The maximum atomic E-state index is 12.8. The molecule has 0 saturated heterocycles. The predicted octanol–water partition coefficient (Wildman–Crippen LogP) is 3.60. The van der Waals surface area contributed by atoms with Crippen LogP contribution in [-0.2, 0) is 5.75 Å². The van der Waals surface area contributed by atoms with E-state index in [1.54, 1.807) is 7.11 Å². The summed E-state index contributed by atoms with van der Waals surface area (Å²) < 4.78 is 5.39. The largest absolute Gasteiger partial charge is 0.496 e. The Morgan fingerprint density at radius 1 is 1.23 bits per heavy atom. The number of thioether (sulfide) groups is 1. The molecular formula is C19H20N4O2S. The number of aromatic nitrogens is 3. The first kappa shape index (κ1) is 18.0. The Morgan fingerprint density at radius 3 is 2.77 bits per heavy atom. The van der Waals surface area contributed by atoms with Gasteiger partial charge in [-0.2, -0.15) is 5.10 Å². The van der Waals surface area contributed by atoms with E-state index in [-0.39, 0.29) is 11.9 Å². The average Bonchev–Trinajstić information content (AvgIpc) is 3.20. The van der Waals surface area contributed by atoms with Crippen LogP contribution in [0.15, 0.2) is 60.0 Å². The number of ether oxygens (including phenoxy) is 1. The minimum absolute atomic E-state index is 0.114. The van der Waals surface area contributed by atoms with Crippen molar-refractivity contribution in [3.05, 3.63) is 71.5 Å².